The van der Waals surface area contributed by atoms with Crippen LogP contribution >= 0.6 is 0 Å². The molecule has 206 valence electrons. The number of anilines is 2. The van der Waals surface area contributed by atoms with Crippen molar-refractivity contribution in [1.82, 2.24) is 34.5 Å². The first-order valence-corrected chi connectivity index (χ1v) is 13.5. The summed E-state index contributed by atoms with van der Waals surface area (Å²) in [6.45, 7) is 6.41. The number of rotatable bonds is 13. The lowest BCUT2D eigenvalue weighted by Crippen LogP contribution is -2.46. The number of hydrogen-bond donors (Lipinski definition) is 4. The molecular formula is C26H39N9O3. The summed E-state index contributed by atoms with van der Waals surface area (Å²) >= 11 is 0. The molecule has 0 spiro atoms. The van der Waals surface area contributed by atoms with Gasteiger partial charge in [0.25, 0.3) is 0 Å². The number of aliphatic hydroxyl groups is 2. The minimum Gasteiger partial charge on any atom is -0.496 e. The number of β-amino-alcohol motifs (C(OH)–C–C–N with tert-alkyl or cyclic N) is 1. The maximum absolute atomic E-state index is 9.50. The molecule has 0 saturated carbocycles. The fraction of sp³-hybridized carbons (Fsp3) is 0.615. The maximum Gasteiger partial charge on any atom is 0.222 e. The molecule has 3 aromatic heterocycles. The molecule has 2 bridgehead atoms. The van der Waals surface area contributed by atoms with E-state index in [0.29, 0.717) is 36.4 Å². The smallest absolute Gasteiger partial charge is 0.222 e. The number of likely N-dealkylation sites (tertiary alicyclic amines) is 2. The van der Waals surface area contributed by atoms with Crippen LogP contribution in [0.4, 0.5) is 11.8 Å². The second-order valence-electron chi connectivity index (χ2n) is 10.3. The van der Waals surface area contributed by atoms with E-state index in [4.69, 9.17) is 15.5 Å². The van der Waals surface area contributed by atoms with Crippen LogP contribution in [-0.2, 0) is 13.1 Å². The number of methoxy groups -OCH3 is 1. The SMILES string of the molecule is CCC[C@@H](CCO)Nc1nc(N)nc2cnn(Cc3cnc(CN4CC5C[C@@H]4CN5CCO)cc3OC)c12. The predicted octanol–water partition coefficient (Wildman–Crippen LogP) is 1.07. The lowest BCUT2D eigenvalue weighted by atomic mass is 10.1. The van der Waals surface area contributed by atoms with E-state index in [1.165, 1.54) is 0 Å². The topological polar surface area (TPSA) is 151 Å². The van der Waals surface area contributed by atoms with E-state index < -0.39 is 0 Å². The van der Waals surface area contributed by atoms with Crippen molar-refractivity contribution in [3.63, 3.8) is 0 Å². The number of hydrogen-bond acceptors (Lipinski definition) is 11. The molecule has 1 unspecified atom stereocenters. The highest BCUT2D eigenvalue weighted by Gasteiger charge is 2.42. The fourth-order valence-electron chi connectivity index (χ4n) is 5.92. The summed E-state index contributed by atoms with van der Waals surface area (Å²) in [5.74, 6) is 1.55. The van der Waals surface area contributed by atoms with Gasteiger partial charge in [-0.25, -0.2) is 4.98 Å². The Morgan fingerprint density at radius 2 is 1.92 bits per heavy atom. The van der Waals surface area contributed by atoms with E-state index in [0.717, 1.165) is 68.0 Å². The molecule has 38 heavy (non-hydrogen) atoms. The van der Waals surface area contributed by atoms with Crippen LogP contribution in [0.2, 0.25) is 0 Å². The van der Waals surface area contributed by atoms with Crippen molar-refractivity contribution < 1.29 is 14.9 Å². The minimum atomic E-state index is 0.0675. The van der Waals surface area contributed by atoms with Crippen molar-refractivity contribution >= 4 is 22.8 Å². The number of fused-ring (bicyclic) bond motifs is 3. The summed E-state index contributed by atoms with van der Waals surface area (Å²) in [7, 11) is 1.68. The Hall–Kier alpha value is -3.06. The number of nitrogens with zero attached hydrogens (tertiary/aromatic N) is 7. The summed E-state index contributed by atoms with van der Waals surface area (Å²) in [5, 5.41) is 26.8. The molecule has 12 heteroatoms. The Morgan fingerprint density at radius 3 is 2.63 bits per heavy atom. The number of aromatic nitrogens is 5. The first kappa shape index (κ1) is 26.5. The standard InChI is InChI=1S/C26H39N9O3/c1-3-4-18(5-7-36)30-25-24-22(31-26(27)32-25)12-29-35(24)13-17-11-28-19(9-23(17)38-2)14-34-16-20-10-21(34)15-33(20)6-8-37/h9,11-12,18,20-21,36-37H,3-8,10,13-16H2,1-2H3,(H3,27,30,31,32)/t18-,20?,21+/m0/s1. The van der Waals surface area contributed by atoms with Crippen molar-refractivity contribution in [2.75, 3.05) is 51.0 Å². The van der Waals surface area contributed by atoms with Gasteiger partial charge in [0.15, 0.2) is 5.82 Å². The monoisotopic (exact) mass is 525 g/mol. The zero-order valence-electron chi connectivity index (χ0n) is 22.3. The van der Waals surface area contributed by atoms with Gasteiger partial charge >= 0.3 is 0 Å². The third kappa shape index (κ3) is 5.53. The Labute approximate surface area is 222 Å². The number of aliphatic hydroxyl groups excluding tert-OH is 2. The molecule has 2 aliphatic rings. The second kappa shape index (κ2) is 11.8. The van der Waals surface area contributed by atoms with Gasteiger partial charge in [-0.3, -0.25) is 19.5 Å². The van der Waals surface area contributed by atoms with Crippen LogP contribution < -0.4 is 15.8 Å². The maximum atomic E-state index is 9.50. The molecular weight excluding hydrogens is 486 g/mol. The average molecular weight is 526 g/mol. The lowest BCUT2D eigenvalue weighted by molar-refractivity contribution is 0.104. The minimum absolute atomic E-state index is 0.0675. The van der Waals surface area contributed by atoms with Gasteiger partial charge in [-0.15, -0.1) is 0 Å². The van der Waals surface area contributed by atoms with Crippen molar-refractivity contribution in [2.45, 2.75) is 63.8 Å². The number of pyridine rings is 1. The summed E-state index contributed by atoms with van der Waals surface area (Å²) in [6, 6.07) is 3.12. The van der Waals surface area contributed by atoms with Gasteiger partial charge in [0, 0.05) is 68.7 Å². The molecule has 2 aliphatic heterocycles. The van der Waals surface area contributed by atoms with Crippen LogP contribution in [0.3, 0.4) is 0 Å². The summed E-state index contributed by atoms with van der Waals surface area (Å²) < 4.78 is 7.61. The van der Waals surface area contributed by atoms with Crippen LogP contribution in [0.5, 0.6) is 5.75 Å². The first-order valence-electron chi connectivity index (χ1n) is 13.5. The van der Waals surface area contributed by atoms with Gasteiger partial charge in [0.1, 0.15) is 16.8 Å². The van der Waals surface area contributed by atoms with Gasteiger partial charge < -0.3 is 26.0 Å². The zero-order chi connectivity index (χ0) is 26.6. The van der Waals surface area contributed by atoms with E-state index in [1.54, 1.807) is 13.3 Å². The largest absolute Gasteiger partial charge is 0.496 e. The molecule has 3 atom stereocenters. The fourth-order valence-corrected chi connectivity index (χ4v) is 5.92. The molecule has 2 fully saturated rings. The molecule has 2 saturated heterocycles. The quantitative estimate of drug-likeness (QED) is 0.254. The van der Waals surface area contributed by atoms with Crippen molar-refractivity contribution in [1.29, 1.82) is 0 Å². The Balaban J connectivity index is 1.34. The molecule has 12 nitrogen and oxygen atoms in total. The highest BCUT2D eigenvalue weighted by Crippen LogP contribution is 2.32. The third-order valence-corrected chi connectivity index (χ3v) is 7.72. The van der Waals surface area contributed by atoms with Crippen LogP contribution in [0.15, 0.2) is 18.5 Å². The second-order valence-corrected chi connectivity index (χ2v) is 10.3. The number of piperazine rings is 1. The Bertz CT molecular complexity index is 1230. The van der Waals surface area contributed by atoms with Crippen LogP contribution in [0, 0.1) is 0 Å². The summed E-state index contributed by atoms with van der Waals surface area (Å²) in [6.07, 6.45) is 7.21. The van der Waals surface area contributed by atoms with Gasteiger partial charge in [-0.05, 0) is 19.3 Å². The highest BCUT2D eigenvalue weighted by atomic mass is 16.5. The third-order valence-electron chi connectivity index (χ3n) is 7.72. The molecule has 5 rings (SSSR count). The highest BCUT2D eigenvalue weighted by molar-refractivity contribution is 5.86. The van der Waals surface area contributed by atoms with E-state index in [-0.39, 0.29) is 25.2 Å². The van der Waals surface area contributed by atoms with Crippen LogP contribution in [0.1, 0.15) is 43.9 Å². The normalized spacial score (nSPS) is 20.4. The van der Waals surface area contributed by atoms with E-state index >= 15 is 0 Å². The molecule has 3 aromatic rings. The van der Waals surface area contributed by atoms with E-state index in [2.05, 4.69) is 37.1 Å². The molecule has 0 amide bonds. The molecule has 0 radical (unpaired) electrons. The number of nitrogen functional groups attached to an aromatic ring is 1. The Morgan fingerprint density at radius 1 is 1.11 bits per heavy atom. The van der Waals surface area contributed by atoms with Crippen molar-refractivity contribution in [3.05, 3.63) is 29.7 Å². The van der Waals surface area contributed by atoms with Crippen molar-refractivity contribution in [2.24, 2.45) is 0 Å². The molecule has 0 aliphatic carbocycles. The molecule has 5 N–H and O–H groups in total. The number of ether oxygens (including phenoxy) is 1. The van der Waals surface area contributed by atoms with Crippen LogP contribution in [0.25, 0.3) is 11.0 Å². The van der Waals surface area contributed by atoms with Crippen molar-refractivity contribution in [3.8, 4) is 5.75 Å². The first-order chi connectivity index (χ1) is 18.5. The van der Waals surface area contributed by atoms with Gasteiger partial charge in [0.2, 0.25) is 5.95 Å². The summed E-state index contributed by atoms with van der Waals surface area (Å²) in [5.41, 5.74) is 9.28. The summed E-state index contributed by atoms with van der Waals surface area (Å²) in [4.78, 5) is 18.5. The molecule has 5 heterocycles. The van der Waals surface area contributed by atoms with Gasteiger partial charge in [-0.1, -0.05) is 13.3 Å². The zero-order valence-corrected chi connectivity index (χ0v) is 22.3. The number of nitrogens with one attached hydrogen (secondary N) is 1. The van der Waals surface area contributed by atoms with E-state index in [1.807, 2.05) is 16.9 Å². The van der Waals surface area contributed by atoms with Gasteiger partial charge in [0.05, 0.1) is 32.2 Å². The average Bonchev–Trinajstić information content (AvgIpc) is 3.60. The van der Waals surface area contributed by atoms with E-state index in [9.17, 15) is 10.2 Å². The lowest BCUT2D eigenvalue weighted by Gasteiger charge is -2.33. The molecule has 0 aromatic carbocycles. The Kier molecular flexibility index (Phi) is 8.22. The van der Waals surface area contributed by atoms with Crippen LogP contribution in [-0.4, -0.2) is 103 Å². The number of nitrogens with two attached hydrogens (primary N) is 1. The van der Waals surface area contributed by atoms with Gasteiger partial charge in [-0.2, -0.15) is 10.1 Å². The predicted molar refractivity (Wildman–Crippen MR) is 145 cm³/mol.